The summed E-state index contributed by atoms with van der Waals surface area (Å²) in [6, 6.07) is 12.2. The molecule has 0 aliphatic carbocycles. The second-order valence-electron chi connectivity index (χ2n) is 7.98. The van der Waals surface area contributed by atoms with Crippen molar-refractivity contribution in [1.82, 2.24) is 14.7 Å². The zero-order chi connectivity index (χ0) is 24.1. The lowest BCUT2D eigenvalue weighted by Crippen LogP contribution is -2.42. The van der Waals surface area contributed by atoms with Crippen LogP contribution in [0.4, 0.5) is 20.6 Å². The Labute approximate surface area is 197 Å². The highest BCUT2D eigenvalue weighted by Gasteiger charge is 2.21. The molecular weight excluding hydrogens is 461 g/mol. The van der Waals surface area contributed by atoms with Gasteiger partial charge in [0.05, 0.1) is 17.2 Å². The van der Waals surface area contributed by atoms with Gasteiger partial charge in [-0.3, -0.25) is 9.58 Å². The maximum atomic E-state index is 13.1. The molecule has 2 N–H and O–H groups in total. The number of sulfone groups is 1. The largest absolute Gasteiger partial charge is 0.492 e. The van der Waals surface area contributed by atoms with Crippen LogP contribution < -0.4 is 15.4 Å². The first-order chi connectivity index (χ1) is 16.3. The molecular formula is C23H26FN5O4S. The molecule has 0 spiro atoms. The van der Waals surface area contributed by atoms with E-state index in [9.17, 15) is 17.6 Å². The lowest BCUT2D eigenvalue weighted by molar-refractivity contribution is 0.220. The van der Waals surface area contributed by atoms with Gasteiger partial charge in [0.25, 0.3) is 0 Å². The van der Waals surface area contributed by atoms with E-state index in [1.165, 1.54) is 24.3 Å². The van der Waals surface area contributed by atoms with Crippen molar-refractivity contribution >= 4 is 27.2 Å². The zero-order valence-corrected chi connectivity index (χ0v) is 19.5. The normalized spacial score (nSPS) is 15.6. The van der Waals surface area contributed by atoms with Gasteiger partial charge >= 0.3 is 6.03 Å². The van der Waals surface area contributed by atoms with Gasteiger partial charge in [0.15, 0.2) is 9.84 Å². The number of ether oxygens (including phenoxy) is 1. The van der Waals surface area contributed by atoms with E-state index in [4.69, 9.17) is 4.74 Å². The number of aryl methyl sites for hydroxylation is 1. The molecule has 34 heavy (non-hydrogen) atoms. The van der Waals surface area contributed by atoms with E-state index in [-0.39, 0.29) is 17.3 Å². The molecule has 0 saturated carbocycles. The van der Waals surface area contributed by atoms with Crippen molar-refractivity contribution in [3.05, 3.63) is 60.5 Å². The van der Waals surface area contributed by atoms with Gasteiger partial charge in [-0.2, -0.15) is 5.10 Å². The molecule has 2 aromatic carbocycles. The van der Waals surface area contributed by atoms with E-state index >= 15 is 0 Å². The van der Waals surface area contributed by atoms with Crippen molar-refractivity contribution in [3.8, 4) is 17.0 Å². The SMILES string of the molecule is Cn1nccc1-c1cc(NC(=O)Nc2ccc(F)cc2)ccc1OCCN1CCS(=O)(=O)CC1. The first kappa shape index (κ1) is 23.7. The Morgan fingerprint density at radius 2 is 1.74 bits per heavy atom. The van der Waals surface area contributed by atoms with Gasteiger partial charge in [-0.05, 0) is 48.5 Å². The van der Waals surface area contributed by atoms with E-state index in [0.717, 1.165) is 11.3 Å². The fraction of sp³-hybridized carbons (Fsp3) is 0.304. The topological polar surface area (TPSA) is 106 Å². The Morgan fingerprint density at radius 1 is 1.06 bits per heavy atom. The molecule has 1 aliphatic rings. The minimum absolute atomic E-state index is 0.174. The number of nitrogens with zero attached hydrogens (tertiary/aromatic N) is 3. The zero-order valence-electron chi connectivity index (χ0n) is 18.7. The number of amides is 2. The molecule has 0 bridgehead atoms. The first-order valence-corrected chi connectivity index (χ1v) is 12.6. The third-order valence-electron chi connectivity index (χ3n) is 5.54. The van der Waals surface area contributed by atoms with E-state index in [1.54, 1.807) is 29.1 Å². The van der Waals surface area contributed by atoms with E-state index < -0.39 is 15.9 Å². The number of carbonyl (C=O) groups excluding carboxylic acids is 1. The highest BCUT2D eigenvalue weighted by Crippen LogP contribution is 2.32. The highest BCUT2D eigenvalue weighted by molar-refractivity contribution is 7.91. The number of rotatable bonds is 7. The Kier molecular flexibility index (Phi) is 7.13. The van der Waals surface area contributed by atoms with Crippen LogP contribution in [-0.2, 0) is 16.9 Å². The predicted octanol–water partition coefficient (Wildman–Crippen LogP) is 2.98. The van der Waals surface area contributed by atoms with Gasteiger partial charge in [-0.1, -0.05) is 0 Å². The van der Waals surface area contributed by atoms with Gasteiger partial charge < -0.3 is 15.4 Å². The third-order valence-corrected chi connectivity index (χ3v) is 7.15. The lowest BCUT2D eigenvalue weighted by Gasteiger charge is -2.26. The molecule has 1 saturated heterocycles. The summed E-state index contributed by atoms with van der Waals surface area (Å²) in [7, 11) is -1.11. The number of nitrogens with one attached hydrogen (secondary N) is 2. The van der Waals surface area contributed by atoms with Gasteiger partial charge in [0, 0.05) is 49.8 Å². The third kappa shape index (κ3) is 6.12. The number of hydrogen-bond acceptors (Lipinski definition) is 6. The second kappa shape index (κ2) is 10.2. The van der Waals surface area contributed by atoms with Crippen LogP contribution >= 0.6 is 0 Å². The molecule has 11 heteroatoms. The van der Waals surface area contributed by atoms with E-state index in [2.05, 4.69) is 20.6 Å². The van der Waals surface area contributed by atoms with Crippen LogP contribution in [0.2, 0.25) is 0 Å². The number of benzene rings is 2. The van der Waals surface area contributed by atoms with Gasteiger partial charge in [0.1, 0.15) is 18.2 Å². The van der Waals surface area contributed by atoms with Crippen LogP contribution in [0.3, 0.4) is 0 Å². The Bertz CT molecular complexity index is 1250. The Hall–Kier alpha value is -3.44. The molecule has 2 amide bonds. The monoisotopic (exact) mass is 487 g/mol. The molecule has 1 fully saturated rings. The summed E-state index contributed by atoms with van der Waals surface area (Å²) in [4.78, 5) is 14.5. The number of aromatic nitrogens is 2. The summed E-state index contributed by atoms with van der Waals surface area (Å²) in [5.74, 6) is 0.590. The molecule has 180 valence electrons. The summed E-state index contributed by atoms with van der Waals surface area (Å²) in [5, 5.41) is 9.66. The number of hydrogen-bond donors (Lipinski definition) is 2. The average molecular weight is 488 g/mol. The van der Waals surface area contributed by atoms with E-state index in [0.29, 0.717) is 43.4 Å². The molecule has 0 unspecified atom stereocenters. The minimum Gasteiger partial charge on any atom is -0.492 e. The predicted molar refractivity (Wildman–Crippen MR) is 128 cm³/mol. The van der Waals surface area contributed by atoms with Crippen molar-refractivity contribution in [2.45, 2.75) is 0 Å². The summed E-state index contributed by atoms with van der Waals surface area (Å²) in [6.07, 6.45) is 1.68. The fourth-order valence-electron chi connectivity index (χ4n) is 3.66. The van der Waals surface area contributed by atoms with E-state index in [1.807, 2.05) is 13.1 Å². The smallest absolute Gasteiger partial charge is 0.323 e. The van der Waals surface area contributed by atoms with Gasteiger partial charge in [-0.15, -0.1) is 0 Å². The Balaban J connectivity index is 1.44. The van der Waals surface area contributed by atoms with Crippen LogP contribution in [0.15, 0.2) is 54.7 Å². The van der Waals surface area contributed by atoms with Gasteiger partial charge in [-0.25, -0.2) is 17.6 Å². The molecule has 0 radical (unpaired) electrons. The second-order valence-corrected chi connectivity index (χ2v) is 10.3. The van der Waals surface area contributed by atoms with Crippen molar-refractivity contribution in [2.75, 3.05) is 48.4 Å². The molecule has 9 nitrogen and oxygen atoms in total. The van der Waals surface area contributed by atoms with Crippen molar-refractivity contribution in [2.24, 2.45) is 7.05 Å². The molecule has 1 aliphatic heterocycles. The fourth-order valence-corrected chi connectivity index (χ4v) is 4.93. The molecule has 4 rings (SSSR count). The van der Waals surface area contributed by atoms with Crippen LogP contribution in [0.1, 0.15) is 0 Å². The van der Waals surface area contributed by atoms with Crippen LogP contribution in [0, 0.1) is 5.82 Å². The summed E-state index contributed by atoms with van der Waals surface area (Å²) < 4.78 is 44.0. The van der Waals surface area contributed by atoms with Crippen molar-refractivity contribution in [3.63, 3.8) is 0 Å². The molecule has 2 heterocycles. The molecule has 0 atom stereocenters. The molecule has 3 aromatic rings. The molecule has 1 aromatic heterocycles. The van der Waals surface area contributed by atoms with Crippen LogP contribution in [0.25, 0.3) is 11.3 Å². The number of halogens is 1. The first-order valence-electron chi connectivity index (χ1n) is 10.8. The van der Waals surface area contributed by atoms with Crippen LogP contribution in [-0.4, -0.2) is 66.9 Å². The maximum absolute atomic E-state index is 13.1. The quantitative estimate of drug-likeness (QED) is 0.531. The van der Waals surface area contributed by atoms with Crippen molar-refractivity contribution < 1.29 is 22.3 Å². The average Bonchev–Trinajstić information content (AvgIpc) is 3.23. The number of anilines is 2. The number of urea groups is 1. The standard InChI is InChI=1S/C23H26FN5O4S/c1-28-21(8-9-25-28)20-16-19(27-23(30)26-18-4-2-17(24)3-5-18)6-7-22(20)33-13-10-29-11-14-34(31,32)15-12-29/h2-9,16H,10-15H2,1H3,(H2,26,27,30). The summed E-state index contributed by atoms with van der Waals surface area (Å²) in [5.41, 5.74) is 2.57. The van der Waals surface area contributed by atoms with Crippen molar-refractivity contribution in [1.29, 1.82) is 0 Å². The minimum atomic E-state index is -2.92. The highest BCUT2D eigenvalue weighted by atomic mass is 32.2. The maximum Gasteiger partial charge on any atom is 0.323 e. The summed E-state index contributed by atoms with van der Waals surface area (Å²) >= 11 is 0. The van der Waals surface area contributed by atoms with Gasteiger partial charge in [0.2, 0.25) is 0 Å². The Morgan fingerprint density at radius 3 is 2.41 bits per heavy atom. The van der Waals surface area contributed by atoms with Crippen LogP contribution in [0.5, 0.6) is 5.75 Å². The lowest BCUT2D eigenvalue weighted by atomic mass is 10.1. The summed E-state index contributed by atoms with van der Waals surface area (Å²) in [6.45, 7) is 2.02. The number of carbonyl (C=O) groups is 1.